The Hall–Kier alpha value is -3.07. The van der Waals surface area contributed by atoms with Crippen molar-refractivity contribution in [2.75, 3.05) is 11.9 Å². The van der Waals surface area contributed by atoms with Crippen molar-refractivity contribution in [3.05, 3.63) is 36.7 Å². The molecule has 1 aromatic carbocycles. The summed E-state index contributed by atoms with van der Waals surface area (Å²) in [5, 5.41) is 23.4. The fraction of sp³-hybridized carbons (Fsp3) is 0.350. The number of aromatic nitrogens is 3. The smallest absolute Gasteiger partial charge is 0.387 e. The summed E-state index contributed by atoms with van der Waals surface area (Å²) in [7, 11) is 0. The number of pyridine rings is 1. The predicted molar refractivity (Wildman–Crippen MR) is 103 cm³/mol. The van der Waals surface area contributed by atoms with Gasteiger partial charge in [-0.05, 0) is 38.5 Å². The topological polar surface area (TPSA) is 89.4 Å². The Kier molecular flexibility index (Phi) is 4.91. The number of halogens is 2. The zero-order valence-electron chi connectivity index (χ0n) is 15.9. The van der Waals surface area contributed by atoms with Crippen LogP contribution < -0.4 is 10.1 Å². The van der Waals surface area contributed by atoms with Crippen LogP contribution in [-0.4, -0.2) is 45.1 Å². The maximum absolute atomic E-state index is 12.8. The molecular formula is C20H20F2N4O3. The Labute approximate surface area is 165 Å². The number of phenols is 1. The normalized spacial score (nSPS) is 18.3. The number of fused-ring (bicyclic) bond motifs is 1. The number of nitrogens with one attached hydrogen (secondary N) is 1. The molecule has 1 aliphatic heterocycles. The molecule has 0 saturated carbocycles. The van der Waals surface area contributed by atoms with Crippen LogP contribution in [0.3, 0.4) is 0 Å². The van der Waals surface area contributed by atoms with Crippen molar-refractivity contribution in [2.24, 2.45) is 0 Å². The van der Waals surface area contributed by atoms with Crippen molar-refractivity contribution in [2.45, 2.75) is 38.5 Å². The molecule has 3 aromatic rings. The van der Waals surface area contributed by atoms with Gasteiger partial charge in [0.05, 0.1) is 23.8 Å². The third-order valence-corrected chi connectivity index (χ3v) is 4.79. The number of phenolic OH excluding ortho intramolecular Hbond substituents is 1. The number of anilines is 1. The first-order chi connectivity index (χ1) is 13.8. The van der Waals surface area contributed by atoms with E-state index in [1.54, 1.807) is 18.5 Å². The highest BCUT2D eigenvalue weighted by molar-refractivity contribution is 6.01. The Morgan fingerprint density at radius 2 is 2.07 bits per heavy atom. The highest BCUT2D eigenvalue weighted by Crippen LogP contribution is 2.41. The van der Waals surface area contributed by atoms with Gasteiger partial charge >= 0.3 is 6.61 Å². The molecule has 1 atom stereocenters. The molecule has 0 spiro atoms. The van der Waals surface area contributed by atoms with Crippen LogP contribution >= 0.6 is 0 Å². The number of rotatable bonds is 5. The van der Waals surface area contributed by atoms with E-state index >= 15 is 0 Å². The first-order valence-corrected chi connectivity index (χ1v) is 9.12. The Bertz CT molecular complexity index is 1050. The molecule has 4 rings (SSSR count). The van der Waals surface area contributed by atoms with E-state index in [-0.39, 0.29) is 34.4 Å². The van der Waals surface area contributed by atoms with Crippen molar-refractivity contribution < 1.29 is 23.4 Å². The summed E-state index contributed by atoms with van der Waals surface area (Å²) in [6.45, 7) is 1.53. The van der Waals surface area contributed by atoms with Gasteiger partial charge in [0, 0.05) is 23.2 Å². The van der Waals surface area contributed by atoms with Gasteiger partial charge in [0.1, 0.15) is 17.2 Å². The van der Waals surface area contributed by atoms with Crippen molar-refractivity contribution >= 4 is 16.6 Å². The number of nitrogens with zero attached hydrogens (tertiary/aromatic N) is 3. The fourth-order valence-electron chi connectivity index (χ4n) is 3.56. The Morgan fingerprint density at radius 1 is 1.24 bits per heavy atom. The van der Waals surface area contributed by atoms with E-state index in [1.165, 1.54) is 18.2 Å². The summed E-state index contributed by atoms with van der Waals surface area (Å²) in [6, 6.07) is 5.90. The van der Waals surface area contributed by atoms with E-state index in [0.29, 0.717) is 23.2 Å². The molecule has 1 unspecified atom stereocenters. The first kappa shape index (κ1) is 19.3. The molecule has 0 amide bonds. The maximum Gasteiger partial charge on any atom is 0.387 e. The monoisotopic (exact) mass is 402 g/mol. The van der Waals surface area contributed by atoms with E-state index in [9.17, 15) is 13.9 Å². The van der Waals surface area contributed by atoms with Crippen LogP contribution in [0.1, 0.15) is 20.3 Å². The number of aromatic hydroxyl groups is 1. The van der Waals surface area contributed by atoms with Gasteiger partial charge in [-0.25, -0.2) is 0 Å². The highest BCUT2D eigenvalue weighted by atomic mass is 19.3. The van der Waals surface area contributed by atoms with E-state index in [4.69, 9.17) is 4.74 Å². The third kappa shape index (κ3) is 3.91. The van der Waals surface area contributed by atoms with E-state index in [1.807, 2.05) is 13.8 Å². The van der Waals surface area contributed by atoms with Crippen LogP contribution in [0.15, 0.2) is 36.7 Å². The molecule has 152 valence electrons. The van der Waals surface area contributed by atoms with Crippen LogP contribution in [0, 0.1) is 0 Å². The van der Waals surface area contributed by atoms with Crippen LogP contribution in [0.5, 0.6) is 11.5 Å². The summed E-state index contributed by atoms with van der Waals surface area (Å²) in [5.74, 6) is 0.0937. The third-order valence-electron chi connectivity index (χ3n) is 4.79. The molecule has 7 nitrogen and oxygen atoms in total. The van der Waals surface area contributed by atoms with Crippen LogP contribution in [0.25, 0.3) is 22.0 Å². The average Bonchev–Trinajstić information content (AvgIpc) is 3.01. The molecule has 2 aromatic heterocycles. The minimum absolute atomic E-state index is 0.0494. The largest absolute Gasteiger partial charge is 0.507 e. The number of ether oxygens (including phenoxy) is 2. The minimum atomic E-state index is -3.04. The highest BCUT2D eigenvalue weighted by Gasteiger charge is 2.32. The van der Waals surface area contributed by atoms with Crippen molar-refractivity contribution in [3.8, 4) is 22.8 Å². The van der Waals surface area contributed by atoms with Gasteiger partial charge in [0.15, 0.2) is 5.82 Å². The van der Waals surface area contributed by atoms with Crippen LogP contribution in [-0.2, 0) is 4.74 Å². The number of hydrogen-bond acceptors (Lipinski definition) is 7. The zero-order chi connectivity index (χ0) is 20.6. The molecule has 0 bridgehead atoms. The summed E-state index contributed by atoms with van der Waals surface area (Å²) in [6.07, 6.45) is 3.97. The molecule has 0 radical (unpaired) electrons. The fourth-order valence-corrected chi connectivity index (χ4v) is 3.56. The summed E-state index contributed by atoms with van der Waals surface area (Å²) < 4.78 is 36.0. The summed E-state index contributed by atoms with van der Waals surface area (Å²) in [5.41, 5.74) is 0.0502. The summed E-state index contributed by atoms with van der Waals surface area (Å²) in [4.78, 5) is 4.15. The van der Waals surface area contributed by atoms with Crippen molar-refractivity contribution in [3.63, 3.8) is 0 Å². The standard InChI is InChI=1S/C20H20F2N4O3/c1-20(2)8-11(10-28-20)24-18-13-9-23-7-6-12(13)17(25-26-18)16-14(27)4-3-5-15(16)29-19(21)22/h3-7,9,11,19,27H,8,10H2,1-2H3,(H,24,26). The van der Waals surface area contributed by atoms with Gasteiger partial charge in [-0.15, -0.1) is 10.2 Å². The van der Waals surface area contributed by atoms with Gasteiger partial charge in [-0.3, -0.25) is 4.98 Å². The molecule has 9 heteroatoms. The van der Waals surface area contributed by atoms with Crippen LogP contribution in [0.2, 0.25) is 0 Å². The average molecular weight is 402 g/mol. The predicted octanol–water partition coefficient (Wildman–Crippen LogP) is 3.98. The van der Waals surface area contributed by atoms with E-state index in [0.717, 1.165) is 6.42 Å². The molecule has 29 heavy (non-hydrogen) atoms. The van der Waals surface area contributed by atoms with Gasteiger partial charge in [0.25, 0.3) is 0 Å². The molecule has 1 saturated heterocycles. The van der Waals surface area contributed by atoms with E-state index < -0.39 is 6.61 Å². The lowest BCUT2D eigenvalue weighted by Crippen LogP contribution is -2.23. The number of alkyl halides is 2. The van der Waals surface area contributed by atoms with Crippen molar-refractivity contribution in [1.82, 2.24) is 15.2 Å². The second kappa shape index (κ2) is 7.40. The lowest BCUT2D eigenvalue weighted by Gasteiger charge is -2.17. The SMILES string of the molecule is CC1(C)CC(Nc2nnc(-c3c(O)cccc3OC(F)F)c3ccncc23)CO1. The van der Waals surface area contributed by atoms with Gasteiger partial charge in [-0.2, -0.15) is 8.78 Å². The number of benzene rings is 1. The maximum atomic E-state index is 12.8. The quantitative estimate of drug-likeness (QED) is 0.667. The molecule has 2 N–H and O–H groups in total. The lowest BCUT2D eigenvalue weighted by molar-refractivity contribution is -0.0495. The second-order valence-corrected chi connectivity index (χ2v) is 7.46. The number of hydrogen-bond donors (Lipinski definition) is 2. The molecule has 1 fully saturated rings. The molecule has 3 heterocycles. The first-order valence-electron chi connectivity index (χ1n) is 9.12. The molecular weight excluding hydrogens is 382 g/mol. The van der Waals surface area contributed by atoms with Gasteiger partial charge in [-0.1, -0.05) is 6.07 Å². The minimum Gasteiger partial charge on any atom is -0.507 e. The van der Waals surface area contributed by atoms with E-state index in [2.05, 4.69) is 25.2 Å². The molecule has 0 aliphatic carbocycles. The second-order valence-electron chi connectivity index (χ2n) is 7.46. The Morgan fingerprint density at radius 3 is 2.79 bits per heavy atom. The lowest BCUT2D eigenvalue weighted by atomic mass is 10.0. The summed E-state index contributed by atoms with van der Waals surface area (Å²) >= 11 is 0. The Balaban J connectivity index is 1.79. The van der Waals surface area contributed by atoms with Gasteiger partial charge in [0.2, 0.25) is 0 Å². The van der Waals surface area contributed by atoms with Crippen LogP contribution in [0.4, 0.5) is 14.6 Å². The van der Waals surface area contributed by atoms with Gasteiger partial charge < -0.3 is 19.9 Å². The van der Waals surface area contributed by atoms with Crippen molar-refractivity contribution in [1.29, 1.82) is 0 Å². The molecule has 1 aliphatic rings. The zero-order valence-corrected chi connectivity index (χ0v) is 15.9.